The minimum Gasteiger partial charge on any atom is -0.381 e. The van der Waals surface area contributed by atoms with Crippen LogP contribution in [-0.2, 0) is 4.74 Å². The van der Waals surface area contributed by atoms with Crippen LogP contribution in [0.25, 0.3) is 0 Å². The zero-order valence-corrected chi connectivity index (χ0v) is 10.1. The van der Waals surface area contributed by atoms with Gasteiger partial charge in [0, 0.05) is 25.5 Å². The van der Waals surface area contributed by atoms with Gasteiger partial charge in [0.2, 0.25) is 0 Å². The molecular formula is C12H21N3O. The van der Waals surface area contributed by atoms with Crippen molar-refractivity contribution in [3.63, 3.8) is 0 Å². The number of nitrogens with one attached hydrogen (secondary N) is 2. The van der Waals surface area contributed by atoms with E-state index < -0.39 is 0 Å². The van der Waals surface area contributed by atoms with Gasteiger partial charge in [-0.2, -0.15) is 0 Å². The predicted molar refractivity (Wildman–Crippen MR) is 63.2 cm³/mol. The summed E-state index contributed by atoms with van der Waals surface area (Å²) in [7, 11) is 1.81. The molecule has 4 nitrogen and oxygen atoms in total. The number of rotatable bonds is 4. The fraction of sp³-hybridized carbons (Fsp3) is 0.750. The summed E-state index contributed by atoms with van der Waals surface area (Å²) in [6.45, 7) is 2.15. The Kier molecular flexibility index (Phi) is 3.96. The van der Waals surface area contributed by atoms with Crippen LogP contribution in [0.1, 0.15) is 44.5 Å². The molecule has 0 bridgehead atoms. The third kappa shape index (κ3) is 2.83. The number of aromatic amines is 1. The van der Waals surface area contributed by atoms with Crippen molar-refractivity contribution < 1.29 is 4.74 Å². The predicted octanol–water partition coefficient (Wildman–Crippen LogP) is 2.02. The van der Waals surface area contributed by atoms with Crippen LogP contribution < -0.4 is 5.32 Å². The second-order valence-corrected chi connectivity index (χ2v) is 4.58. The van der Waals surface area contributed by atoms with Crippen molar-refractivity contribution in [3.05, 3.63) is 18.2 Å². The second kappa shape index (κ2) is 5.46. The van der Waals surface area contributed by atoms with E-state index in [1.165, 1.54) is 19.3 Å². The van der Waals surface area contributed by atoms with Crippen LogP contribution in [0.3, 0.4) is 0 Å². The fourth-order valence-electron chi connectivity index (χ4n) is 2.46. The molecule has 1 aromatic heterocycles. The van der Waals surface area contributed by atoms with Crippen molar-refractivity contribution in [2.24, 2.45) is 0 Å². The zero-order valence-electron chi connectivity index (χ0n) is 10.1. The summed E-state index contributed by atoms with van der Waals surface area (Å²) in [5, 5.41) is 3.61. The van der Waals surface area contributed by atoms with Crippen LogP contribution in [0.15, 0.2) is 12.4 Å². The van der Waals surface area contributed by atoms with Crippen LogP contribution >= 0.6 is 0 Å². The zero-order chi connectivity index (χ0) is 11.4. The lowest BCUT2D eigenvalue weighted by atomic mass is 9.92. The Labute approximate surface area is 96.8 Å². The molecule has 0 spiro atoms. The van der Waals surface area contributed by atoms with Crippen molar-refractivity contribution in [1.82, 2.24) is 15.3 Å². The maximum atomic E-state index is 5.43. The molecule has 1 saturated carbocycles. The van der Waals surface area contributed by atoms with Crippen molar-refractivity contribution in [1.29, 1.82) is 0 Å². The lowest BCUT2D eigenvalue weighted by molar-refractivity contribution is 0.0571. The maximum Gasteiger partial charge on any atom is 0.122 e. The molecule has 4 heteroatoms. The number of aromatic nitrogens is 2. The van der Waals surface area contributed by atoms with Gasteiger partial charge in [0.05, 0.1) is 12.1 Å². The minimum absolute atomic E-state index is 0.288. The van der Waals surface area contributed by atoms with Gasteiger partial charge in [0.15, 0.2) is 0 Å². The number of H-pyrrole nitrogens is 1. The van der Waals surface area contributed by atoms with Crippen LogP contribution in [0.5, 0.6) is 0 Å². The van der Waals surface area contributed by atoms with Crippen molar-refractivity contribution >= 4 is 0 Å². The largest absolute Gasteiger partial charge is 0.381 e. The third-order valence-corrected chi connectivity index (χ3v) is 3.37. The molecule has 1 aromatic rings. The van der Waals surface area contributed by atoms with Crippen molar-refractivity contribution in [2.75, 3.05) is 7.11 Å². The van der Waals surface area contributed by atoms with Gasteiger partial charge in [0.25, 0.3) is 0 Å². The second-order valence-electron chi connectivity index (χ2n) is 4.58. The first-order chi connectivity index (χ1) is 7.79. The number of nitrogens with zero attached hydrogens (tertiary/aromatic N) is 1. The summed E-state index contributed by atoms with van der Waals surface area (Å²) in [5.74, 6) is 1.01. The highest BCUT2D eigenvalue weighted by Crippen LogP contribution is 2.22. The highest BCUT2D eigenvalue weighted by atomic mass is 16.5. The van der Waals surface area contributed by atoms with E-state index in [4.69, 9.17) is 4.74 Å². The highest BCUT2D eigenvalue weighted by Gasteiger charge is 2.23. The Morgan fingerprint density at radius 2 is 2.44 bits per heavy atom. The number of methoxy groups -OCH3 is 1. The average molecular weight is 223 g/mol. The summed E-state index contributed by atoms with van der Waals surface area (Å²) in [4.78, 5) is 7.42. The maximum absolute atomic E-state index is 5.43. The summed E-state index contributed by atoms with van der Waals surface area (Å²) >= 11 is 0. The van der Waals surface area contributed by atoms with Crippen molar-refractivity contribution in [3.8, 4) is 0 Å². The Balaban J connectivity index is 1.84. The standard InChI is InChI=1S/C12H21N3O/c1-9(12-13-6-7-14-12)15-10-4-3-5-11(8-10)16-2/h6-7,9-11,15H,3-5,8H2,1-2H3,(H,13,14). The van der Waals surface area contributed by atoms with Gasteiger partial charge in [-0.3, -0.25) is 0 Å². The number of ether oxygens (including phenoxy) is 1. The van der Waals surface area contributed by atoms with E-state index >= 15 is 0 Å². The van der Waals surface area contributed by atoms with Gasteiger partial charge >= 0.3 is 0 Å². The Morgan fingerprint density at radius 3 is 3.12 bits per heavy atom. The van der Waals surface area contributed by atoms with E-state index in [1.54, 1.807) is 6.20 Å². The Morgan fingerprint density at radius 1 is 1.56 bits per heavy atom. The monoisotopic (exact) mass is 223 g/mol. The van der Waals surface area contributed by atoms with E-state index in [2.05, 4.69) is 22.2 Å². The molecule has 1 aliphatic carbocycles. The number of hydrogen-bond donors (Lipinski definition) is 2. The number of hydrogen-bond acceptors (Lipinski definition) is 3. The van der Waals surface area contributed by atoms with Gasteiger partial charge in [-0.15, -0.1) is 0 Å². The molecule has 3 atom stereocenters. The number of imidazole rings is 1. The van der Waals surface area contributed by atoms with E-state index in [1.807, 2.05) is 13.3 Å². The first-order valence-corrected chi connectivity index (χ1v) is 6.07. The molecule has 0 saturated heterocycles. The quantitative estimate of drug-likeness (QED) is 0.821. The lowest BCUT2D eigenvalue weighted by Gasteiger charge is -2.30. The molecule has 90 valence electrons. The van der Waals surface area contributed by atoms with Gasteiger partial charge < -0.3 is 15.0 Å². The van der Waals surface area contributed by atoms with E-state index in [9.17, 15) is 0 Å². The van der Waals surface area contributed by atoms with E-state index in [0.717, 1.165) is 12.2 Å². The topological polar surface area (TPSA) is 49.9 Å². The molecule has 0 aliphatic heterocycles. The van der Waals surface area contributed by atoms with Crippen LogP contribution in [0.2, 0.25) is 0 Å². The average Bonchev–Trinajstić information content (AvgIpc) is 2.83. The van der Waals surface area contributed by atoms with Gasteiger partial charge in [-0.1, -0.05) is 0 Å². The molecule has 2 N–H and O–H groups in total. The minimum atomic E-state index is 0.288. The first kappa shape index (κ1) is 11.6. The third-order valence-electron chi connectivity index (χ3n) is 3.37. The van der Waals surface area contributed by atoms with Gasteiger partial charge in [-0.05, 0) is 32.6 Å². The normalized spacial score (nSPS) is 27.9. The summed E-state index contributed by atoms with van der Waals surface area (Å²) in [6.07, 6.45) is 8.89. The molecule has 16 heavy (non-hydrogen) atoms. The van der Waals surface area contributed by atoms with Gasteiger partial charge in [0.1, 0.15) is 5.82 Å². The van der Waals surface area contributed by atoms with Crippen molar-refractivity contribution in [2.45, 2.75) is 50.8 Å². The van der Waals surface area contributed by atoms with Gasteiger partial charge in [-0.25, -0.2) is 4.98 Å². The first-order valence-electron chi connectivity index (χ1n) is 6.07. The smallest absolute Gasteiger partial charge is 0.122 e. The summed E-state index contributed by atoms with van der Waals surface area (Å²) in [6, 6.07) is 0.842. The van der Waals surface area contributed by atoms with E-state index in [-0.39, 0.29) is 6.04 Å². The molecule has 0 aromatic carbocycles. The molecular weight excluding hydrogens is 202 g/mol. The molecule has 3 unspecified atom stereocenters. The molecule has 1 aliphatic rings. The van der Waals surface area contributed by atoms with Crippen LogP contribution in [-0.4, -0.2) is 29.2 Å². The summed E-state index contributed by atoms with van der Waals surface area (Å²) in [5.41, 5.74) is 0. The van der Waals surface area contributed by atoms with Crippen LogP contribution in [0, 0.1) is 0 Å². The molecule has 2 rings (SSSR count). The molecule has 1 fully saturated rings. The fourth-order valence-corrected chi connectivity index (χ4v) is 2.46. The molecule has 0 amide bonds. The Hall–Kier alpha value is -0.870. The highest BCUT2D eigenvalue weighted by molar-refractivity contribution is 4.95. The van der Waals surface area contributed by atoms with E-state index in [0.29, 0.717) is 12.1 Å². The Bertz CT molecular complexity index is 299. The molecule has 1 heterocycles. The lowest BCUT2D eigenvalue weighted by Crippen LogP contribution is -2.38. The summed E-state index contributed by atoms with van der Waals surface area (Å²) < 4.78 is 5.43. The SMILES string of the molecule is COC1CCCC(NC(C)c2ncc[nH]2)C1. The molecule has 0 radical (unpaired) electrons. The van der Waals surface area contributed by atoms with Crippen LogP contribution in [0.4, 0.5) is 0 Å².